The third-order valence-electron chi connectivity index (χ3n) is 11.1. The van der Waals surface area contributed by atoms with E-state index in [-0.39, 0.29) is 43.0 Å². The molecule has 0 aromatic heterocycles. The van der Waals surface area contributed by atoms with Gasteiger partial charge in [0.1, 0.15) is 30.2 Å². The molecule has 60 heavy (non-hydrogen) atoms. The van der Waals surface area contributed by atoms with Crippen LogP contribution >= 0.6 is 0 Å². The number of guanidine groups is 1. The lowest BCUT2D eigenvalue weighted by Crippen LogP contribution is -2.58. The van der Waals surface area contributed by atoms with E-state index < -0.39 is 53.9 Å². The van der Waals surface area contributed by atoms with Gasteiger partial charge in [-0.25, -0.2) is 0 Å². The van der Waals surface area contributed by atoms with E-state index in [1.807, 2.05) is 13.8 Å². The molecule has 0 unspecified atom stereocenters. The minimum absolute atomic E-state index is 0.0216. The van der Waals surface area contributed by atoms with Crippen LogP contribution in [-0.2, 0) is 28.8 Å². The zero-order chi connectivity index (χ0) is 44.7. The first kappa shape index (κ1) is 54.1. The summed E-state index contributed by atoms with van der Waals surface area (Å²) in [5.41, 5.74) is 11.1. The Morgan fingerprint density at radius 3 is 1.78 bits per heavy atom. The fraction of sp³-hybridized carbons (Fsp3) is 0.841. The Hall–Kier alpha value is -3.95. The molecule has 0 aromatic carbocycles. The molecule has 0 spiro atoms. The second-order valence-electron chi connectivity index (χ2n) is 17.1. The Balaban J connectivity index is 2.83. The van der Waals surface area contributed by atoms with E-state index in [4.69, 9.17) is 16.9 Å². The van der Waals surface area contributed by atoms with E-state index in [0.29, 0.717) is 58.2 Å². The molecule has 16 heteroatoms. The molecular formula is C44H83N9O7. The zero-order valence-electron chi connectivity index (χ0n) is 37.6. The number of nitrogens with one attached hydrogen (secondary N) is 6. The molecule has 1 rings (SSSR count). The summed E-state index contributed by atoms with van der Waals surface area (Å²) < 4.78 is 0. The number of nitrogens with zero attached hydrogens (tertiary/aromatic N) is 1. The van der Waals surface area contributed by atoms with Gasteiger partial charge in [-0.1, -0.05) is 111 Å². The van der Waals surface area contributed by atoms with Gasteiger partial charge in [-0.15, -0.1) is 0 Å². The number of amides is 5. The van der Waals surface area contributed by atoms with Crippen LogP contribution in [0.2, 0.25) is 0 Å². The van der Waals surface area contributed by atoms with Crippen LogP contribution in [0, 0.1) is 11.3 Å². The van der Waals surface area contributed by atoms with Gasteiger partial charge in [-0.2, -0.15) is 0 Å². The lowest BCUT2D eigenvalue weighted by Gasteiger charge is -2.30. The quantitative estimate of drug-likeness (QED) is 0.0241. The van der Waals surface area contributed by atoms with Crippen molar-refractivity contribution in [1.82, 2.24) is 31.5 Å². The molecule has 1 fully saturated rings. The van der Waals surface area contributed by atoms with Crippen LogP contribution in [-0.4, -0.2) is 101 Å². The van der Waals surface area contributed by atoms with Gasteiger partial charge in [0.25, 0.3) is 0 Å². The summed E-state index contributed by atoms with van der Waals surface area (Å²) in [7, 11) is 0. The number of likely N-dealkylation sites (tertiary alicyclic amines) is 1. The first-order valence-electron chi connectivity index (χ1n) is 23.2. The van der Waals surface area contributed by atoms with Gasteiger partial charge in [0, 0.05) is 19.5 Å². The number of aliphatic carboxylic acids is 1. The summed E-state index contributed by atoms with van der Waals surface area (Å²) in [6.07, 6.45) is 21.9. The van der Waals surface area contributed by atoms with Crippen molar-refractivity contribution in [1.29, 1.82) is 5.41 Å². The number of hydrogen-bond acceptors (Lipinski definition) is 8. The first-order chi connectivity index (χ1) is 28.7. The Morgan fingerprint density at radius 2 is 1.25 bits per heavy atom. The summed E-state index contributed by atoms with van der Waals surface area (Å²) in [6, 6.07) is -4.99. The van der Waals surface area contributed by atoms with Gasteiger partial charge in [0.05, 0.1) is 0 Å². The maximum Gasteiger partial charge on any atom is 0.325 e. The summed E-state index contributed by atoms with van der Waals surface area (Å²) in [5, 5.41) is 30.4. The van der Waals surface area contributed by atoms with Crippen LogP contribution in [0.1, 0.15) is 182 Å². The Kier molecular flexibility index (Phi) is 29.5. The second-order valence-corrected chi connectivity index (χ2v) is 17.1. The lowest BCUT2D eigenvalue weighted by atomic mass is 10.0. The Morgan fingerprint density at radius 1 is 0.700 bits per heavy atom. The number of nitrogens with two attached hydrogens (primary N) is 2. The highest BCUT2D eigenvalue weighted by Gasteiger charge is 2.39. The molecule has 5 atom stereocenters. The zero-order valence-corrected chi connectivity index (χ0v) is 37.6. The predicted molar refractivity (Wildman–Crippen MR) is 237 cm³/mol. The highest BCUT2D eigenvalue weighted by atomic mass is 16.4. The van der Waals surface area contributed by atoms with Crippen LogP contribution < -0.4 is 38.1 Å². The third kappa shape index (κ3) is 24.3. The van der Waals surface area contributed by atoms with E-state index in [1.54, 1.807) is 0 Å². The van der Waals surface area contributed by atoms with E-state index >= 15 is 0 Å². The van der Waals surface area contributed by atoms with Crippen molar-refractivity contribution in [3.05, 3.63) is 0 Å². The largest absolute Gasteiger partial charge is 0.480 e. The van der Waals surface area contributed by atoms with E-state index in [0.717, 1.165) is 25.7 Å². The number of hydrogen-bond donors (Lipinski definition) is 9. The van der Waals surface area contributed by atoms with Gasteiger partial charge in [-0.05, 0) is 77.2 Å². The number of carboxylic acids is 1. The SMILES string of the molecule is CCCCCCCCCCCCCCCCCC(=O)N[C@@H](CCCNC(=N)N)C(=O)N1CCC[C@H]1C(=O)N[C@@H](CC(C)C)C(=O)N[C@@H](CCCCN)C(=O)N[C@@H](C)C(=O)O. The van der Waals surface area contributed by atoms with E-state index in [1.165, 1.54) is 82.5 Å². The highest BCUT2D eigenvalue weighted by molar-refractivity contribution is 5.96. The maximum atomic E-state index is 14.1. The molecule has 11 N–H and O–H groups in total. The average molecular weight is 850 g/mol. The van der Waals surface area contributed by atoms with E-state index in [9.17, 15) is 33.9 Å². The van der Waals surface area contributed by atoms with Crippen molar-refractivity contribution >= 4 is 41.5 Å². The molecule has 1 saturated heterocycles. The minimum Gasteiger partial charge on any atom is -0.480 e. The molecule has 346 valence electrons. The number of carbonyl (C=O) groups excluding carboxylic acids is 5. The van der Waals surface area contributed by atoms with Crippen LogP contribution in [0.3, 0.4) is 0 Å². The molecule has 1 heterocycles. The number of carbonyl (C=O) groups is 6. The molecule has 0 saturated carbocycles. The van der Waals surface area contributed by atoms with Crippen molar-refractivity contribution in [2.45, 2.75) is 212 Å². The second kappa shape index (κ2) is 32.8. The highest BCUT2D eigenvalue weighted by Crippen LogP contribution is 2.21. The predicted octanol–water partition coefficient (Wildman–Crippen LogP) is 4.72. The molecule has 0 bridgehead atoms. The van der Waals surface area contributed by atoms with Gasteiger partial charge >= 0.3 is 5.97 Å². The molecule has 0 radical (unpaired) electrons. The fourth-order valence-corrected chi connectivity index (χ4v) is 7.59. The van der Waals surface area contributed by atoms with Crippen LogP contribution in [0.4, 0.5) is 0 Å². The summed E-state index contributed by atoms with van der Waals surface area (Å²) in [6.45, 7) is 8.39. The van der Waals surface area contributed by atoms with Crippen molar-refractivity contribution in [3.63, 3.8) is 0 Å². The van der Waals surface area contributed by atoms with Crippen molar-refractivity contribution in [2.75, 3.05) is 19.6 Å². The van der Waals surface area contributed by atoms with Crippen molar-refractivity contribution in [3.8, 4) is 0 Å². The van der Waals surface area contributed by atoms with Gasteiger partial charge < -0.3 is 48.1 Å². The molecule has 1 aliphatic heterocycles. The van der Waals surface area contributed by atoms with Gasteiger partial charge in [0.15, 0.2) is 5.96 Å². The summed E-state index contributed by atoms with van der Waals surface area (Å²) in [5.74, 6) is -3.78. The van der Waals surface area contributed by atoms with Gasteiger partial charge in [-0.3, -0.25) is 34.2 Å². The summed E-state index contributed by atoms with van der Waals surface area (Å²) >= 11 is 0. The Bertz CT molecular complexity index is 1280. The smallest absolute Gasteiger partial charge is 0.325 e. The normalized spacial score (nSPS) is 15.8. The molecule has 0 aliphatic carbocycles. The fourth-order valence-electron chi connectivity index (χ4n) is 7.59. The molecular weight excluding hydrogens is 767 g/mol. The third-order valence-corrected chi connectivity index (χ3v) is 11.1. The molecule has 1 aliphatic rings. The van der Waals surface area contributed by atoms with Crippen molar-refractivity contribution in [2.24, 2.45) is 17.4 Å². The molecule has 0 aromatic rings. The topological polar surface area (TPSA) is 262 Å². The van der Waals surface area contributed by atoms with E-state index in [2.05, 4.69) is 33.5 Å². The number of carboxylic acid groups (broad SMARTS) is 1. The molecule has 16 nitrogen and oxygen atoms in total. The monoisotopic (exact) mass is 850 g/mol. The molecule has 5 amide bonds. The standard InChI is InChI=1S/C44H83N9O7/c1-5-6-7-8-9-10-11-12-13-14-15-16-17-18-19-27-38(54)50-35(25-22-29-48-44(46)47)42(58)53-30-23-26-37(53)41(57)52-36(31-32(2)3)40(56)51-34(24-20-21-28-45)39(55)49-33(4)43(59)60/h32-37H,5-31,45H2,1-4H3,(H,49,55)(H,50,54)(H,51,56)(H,52,57)(H,59,60)(H4,46,47,48)/t33-,34-,35-,36-,37-/m0/s1. The summed E-state index contributed by atoms with van der Waals surface area (Å²) in [4.78, 5) is 80.7. The van der Waals surface area contributed by atoms with Crippen LogP contribution in [0.5, 0.6) is 0 Å². The average Bonchev–Trinajstić information content (AvgIpc) is 3.69. The Labute approximate surface area is 360 Å². The first-order valence-corrected chi connectivity index (χ1v) is 23.2. The number of unbranched alkanes of at least 4 members (excludes halogenated alkanes) is 15. The lowest BCUT2D eigenvalue weighted by molar-refractivity contribution is -0.142. The van der Waals surface area contributed by atoms with Gasteiger partial charge in [0.2, 0.25) is 29.5 Å². The number of rotatable bonds is 35. The maximum absolute atomic E-state index is 14.1. The minimum atomic E-state index is -1.22. The van der Waals surface area contributed by atoms with Crippen LogP contribution in [0.25, 0.3) is 0 Å². The van der Waals surface area contributed by atoms with Crippen LogP contribution in [0.15, 0.2) is 0 Å². The van der Waals surface area contributed by atoms with Crippen molar-refractivity contribution < 1.29 is 33.9 Å².